The average molecular weight is 217 g/mol. The lowest BCUT2D eigenvalue weighted by Gasteiger charge is -2.25. The van der Waals surface area contributed by atoms with Gasteiger partial charge in [0, 0.05) is 13.5 Å². The lowest BCUT2D eigenvalue weighted by atomic mass is 9.96. The van der Waals surface area contributed by atoms with Gasteiger partial charge in [-0.3, -0.25) is 4.79 Å². The number of carbonyl (C=O) groups excluding carboxylic acids is 1. The van der Waals surface area contributed by atoms with Gasteiger partial charge in [-0.05, 0) is 43.4 Å². The molecule has 1 amide bonds. The highest BCUT2D eigenvalue weighted by Crippen LogP contribution is 2.34. The average Bonchev–Trinajstić information content (AvgIpc) is 2.70. The monoisotopic (exact) mass is 217 g/mol. The van der Waals surface area contributed by atoms with Gasteiger partial charge >= 0.3 is 0 Å². The molecule has 1 aromatic rings. The molecule has 1 aliphatic rings. The van der Waals surface area contributed by atoms with Crippen molar-refractivity contribution in [2.45, 2.75) is 39.7 Å². The first kappa shape index (κ1) is 11.2. The molecule has 0 aromatic heterocycles. The number of aryl methyl sites for hydroxylation is 1. The summed E-state index contributed by atoms with van der Waals surface area (Å²) in [7, 11) is 0. The van der Waals surface area contributed by atoms with Crippen molar-refractivity contribution in [1.82, 2.24) is 4.90 Å². The topological polar surface area (TPSA) is 20.3 Å². The first-order chi connectivity index (χ1) is 7.61. The molecule has 16 heavy (non-hydrogen) atoms. The number of carbonyl (C=O) groups is 1. The standard InChI is InChI=1S/C14H19NO/c1-10-6-4-7-13(11(10)2)14-8-5-9-15(14)12(3)16/h4,6-7,14H,5,8-9H2,1-3H3. The van der Waals surface area contributed by atoms with Crippen LogP contribution in [0.15, 0.2) is 18.2 Å². The fraction of sp³-hybridized carbons (Fsp3) is 0.500. The van der Waals surface area contributed by atoms with Gasteiger partial charge in [0.25, 0.3) is 0 Å². The second-order valence-electron chi connectivity index (χ2n) is 4.66. The number of amides is 1. The summed E-state index contributed by atoms with van der Waals surface area (Å²) in [6, 6.07) is 6.69. The van der Waals surface area contributed by atoms with Crippen LogP contribution in [-0.2, 0) is 4.79 Å². The minimum atomic E-state index is 0.198. The zero-order valence-corrected chi connectivity index (χ0v) is 10.3. The van der Waals surface area contributed by atoms with Gasteiger partial charge in [-0.2, -0.15) is 0 Å². The van der Waals surface area contributed by atoms with E-state index >= 15 is 0 Å². The Morgan fingerprint density at radius 3 is 2.81 bits per heavy atom. The molecule has 0 bridgehead atoms. The quantitative estimate of drug-likeness (QED) is 0.708. The van der Waals surface area contributed by atoms with Crippen molar-refractivity contribution in [2.75, 3.05) is 6.54 Å². The lowest BCUT2D eigenvalue weighted by molar-refractivity contribution is -0.129. The van der Waals surface area contributed by atoms with Crippen LogP contribution in [0.25, 0.3) is 0 Å². The summed E-state index contributed by atoms with van der Waals surface area (Å²) in [6.07, 6.45) is 2.22. The minimum Gasteiger partial charge on any atom is -0.336 e. The van der Waals surface area contributed by atoms with Crippen LogP contribution in [0.4, 0.5) is 0 Å². The summed E-state index contributed by atoms with van der Waals surface area (Å²) >= 11 is 0. The van der Waals surface area contributed by atoms with Crippen LogP contribution in [0.3, 0.4) is 0 Å². The smallest absolute Gasteiger partial charge is 0.219 e. The molecule has 0 spiro atoms. The fourth-order valence-corrected chi connectivity index (χ4v) is 2.60. The van der Waals surface area contributed by atoms with Gasteiger partial charge in [0.15, 0.2) is 0 Å². The lowest BCUT2D eigenvalue weighted by Crippen LogP contribution is -2.28. The van der Waals surface area contributed by atoms with E-state index in [9.17, 15) is 4.79 Å². The predicted molar refractivity (Wildman–Crippen MR) is 65.3 cm³/mol. The van der Waals surface area contributed by atoms with Crippen LogP contribution in [0.2, 0.25) is 0 Å². The number of hydrogen-bond acceptors (Lipinski definition) is 1. The van der Waals surface area contributed by atoms with E-state index in [0.29, 0.717) is 6.04 Å². The Bertz CT molecular complexity index is 411. The third-order valence-corrected chi connectivity index (χ3v) is 3.66. The van der Waals surface area contributed by atoms with Gasteiger partial charge < -0.3 is 4.90 Å². The molecule has 0 saturated carbocycles. The van der Waals surface area contributed by atoms with Crippen molar-refractivity contribution in [3.63, 3.8) is 0 Å². The molecule has 1 aliphatic heterocycles. The summed E-state index contributed by atoms with van der Waals surface area (Å²) in [5, 5.41) is 0. The van der Waals surface area contributed by atoms with Crippen LogP contribution >= 0.6 is 0 Å². The minimum absolute atomic E-state index is 0.198. The van der Waals surface area contributed by atoms with Crippen molar-refractivity contribution < 1.29 is 4.79 Å². The molecule has 1 heterocycles. The summed E-state index contributed by atoms with van der Waals surface area (Å²) < 4.78 is 0. The number of nitrogens with zero attached hydrogens (tertiary/aromatic N) is 1. The van der Waals surface area contributed by atoms with Gasteiger partial charge in [-0.25, -0.2) is 0 Å². The largest absolute Gasteiger partial charge is 0.336 e. The van der Waals surface area contributed by atoms with Crippen LogP contribution in [-0.4, -0.2) is 17.4 Å². The molecule has 1 saturated heterocycles. The van der Waals surface area contributed by atoms with Gasteiger partial charge in [0.05, 0.1) is 6.04 Å². The van der Waals surface area contributed by atoms with Gasteiger partial charge in [0.2, 0.25) is 5.91 Å². The molecule has 86 valence electrons. The molecule has 0 N–H and O–H groups in total. The summed E-state index contributed by atoms with van der Waals surface area (Å²) in [5.41, 5.74) is 3.97. The molecule has 1 aromatic carbocycles. The van der Waals surface area contributed by atoms with Crippen molar-refractivity contribution in [3.05, 3.63) is 34.9 Å². The van der Waals surface area contributed by atoms with Crippen LogP contribution in [0, 0.1) is 13.8 Å². The van der Waals surface area contributed by atoms with E-state index in [-0.39, 0.29) is 5.91 Å². The first-order valence-corrected chi connectivity index (χ1v) is 5.94. The zero-order valence-electron chi connectivity index (χ0n) is 10.3. The third-order valence-electron chi connectivity index (χ3n) is 3.66. The van der Waals surface area contributed by atoms with E-state index in [0.717, 1.165) is 19.4 Å². The predicted octanol–water partition coefficient (Wildman–Crippen LogP) is 2.99. The van der Waals surface area contributed by atoms with Crippen molar-refractivity contribution in [2.24, 2.45) is 0 Å². The fourth-order valence-electron chi connectivity index (χ4n) is 2.60. The van der Waals surface area contributed by atoms with Crippen LogP contribution in [0.5, 0.6) is 0 Å². The highest BCUT2D eigenvalue weighted by Gasteiger charge is 2.28. The molecule has 0 radical (unpaired) electrons. The summed E-state index contributed by atoms with van der Waals surface area (Å²) in [5.74, 6) is 0.198. The molecule has 1 unspecified atom stereocenters. The second kappa shape index (κ2) is 4.28. The van der Waals surface area contributed by atoms with Gasteiger partial charge in [0.1, 0.15) is 0 Å². The van der Waals surface area contributed by atoms with Crippen molar-refractivity contribution in [3.8, 4) is 0 Å². The van der Waals surface area contributed by atoms with Gasteiger partial charge in [-0.1, -0.05) is 18.2 Å². The van der Waals surface area contributed by atoms with Crippen LogP contribution < -0.4 is 0 Å². The molecular weight excluding hydrogens is 198 g/mol. The SMILES string of the molecule is CC(=O)N1CCCC1c1cccc(C)c1C. The first-order valence-electron chi connectivity index (χ1n) is 5.94. The Labute approximate surface area is 97.3 Å². The van der Waals surface area contributed by atoms with E-state index in [1.54, 1.807) is 6.92 Å². The molecule has 2 rings (SSSR count). The number of likely N-dealkylation sites (tertiary alicyclic amines) is 1. The maximum Gasteiger partial charge on any atom is 0.219 e. The van der Waals surface area contributed by atoms with Crippen molar-refractivity contribution >= 4 is 5.91 Å². The van der Waals surface area contributed by atoms with Crippen molar-refractivity contribution in [1.29, 1.82) is 0 Å². The highest BCUT2D eigenvalue weighted by atomic mass is 16.2. The van der Waals surface area contributed by atoms with E-state index in [2.05, 4.69) is 32.0 Å². The molecule has 0 aliphatic carbocycles. The normalized spacial score (nSPS) is 20.2. The van der Waals surface area contributed by atoms with E-state index in [4.69, 9.17) is 0 Å². The summed E-state index contributed by atoms with van der Waals surface area (Å²) in [6.45, 7) is 6.87. The van der Waals surface area contributed by atoms with E-state index in [1.165, 1.54) is 16.7 Å². The number of hydrogen-bond donors (Lipinski definition) is 0. The maximum absolute atomic E-state index is 11.6. The summed E-state index contributed by atoms with van der Waals surface area (Å²) in [4.78, 5) is 13.6. The Kier molecular flexibility index (Phi) is 2.99. The Morgan fingerprint density at radius 1 is 1.38 bits per heavy atom. The molecule has 1 atom stereocenters. The molecular formula is C14H19NO. The third kappa shape index (κ3) is 1.84. The Hall–Kier alpha value is -1.31. The molecule has 2 heteroatoms. The molecule has 1 fully saturated rings. The van der Waals surface area contributed by atoms with E-state index < -0.39 is 0 Å². The number of benzene rings is 1. The molecule has 2 nitrogen and oxygen atoms in total. The Morgan fingerprint density at radius 2 is 2.12 bits per heavy atom. The zero-order chi connectivity index (χ0) is 11.7. The highest BCUT2D eigenvalue weighted by molar-refractivity contribution is 5.74. The second-order valence-corrected chi connectivity index (χ2v) is 4.66. The maximum atomic E-state index is 11.6. The number of rotatable bonds is 1. The van der Waals surface area contributed by atoms with Gasteiger partial charge in [-0.15, -0.1) is 0 Å². The van der Waals surface area contributed by atoms with Crippen LogP contribution in [0.1, 0.15) is 42.5 Å². The van der Waals surface area contributed by atoms with E-state index in [1.807, 2.05) is 4.90 Å². The Balaban J connectivity index is 2.36.